The van der Waals surface area contributed by atoms with Gasteiger partial charge in [-0.05, 0) is 0 Å². The number of aliphatic hydroxyl groups excluding tert-OH is 10. The van der Waals surface area contributed by atoms with Crippen molar-refractivity contribution in [3.05, 3.63) is 0 Å². The van der Waals surface area contributed by atoms with Crippen LogP contribution in [0.15, 0.2) is 0 Å². The lowest BCUT2D eigenvalue weighted by Crippen LogP contribution is -2.69. The standard InChI is InChI=1S/C25H42N2O19/c1-7(30)26-13-9(32)3-25(24(40)41,46-21(13)15(34)10(33)4-28)42-6-12-17(36)20(14(22(39)43-12)27-8(2)31)45-23-19(38)18(37)16(35)11(5-29)44-23/h9-23,28-29,32-39H,3-6H2,1-2H3,(H,26,30)(H,27,31)(H,40,41)/t9-,10+,11+,12+,13+,14+,15+,16-,17-,18-,19+,20+,21+,22-,23-,25+/m0/s1. The third kappa shape index (κ3) is 8.26. The summed E-state index contributed by atoms with van der Waals surface area (Å²) in [7, 11) is 0. The first-order valence-electron chi connectivity index (χ1n) is 14.2. The first-order valence-corrected chi connectivity index (χ1v) is 14.2. The molecule has 16 atom stereocenters. The lowest BCUT2D eigenvalue weighted by Gasteiger charge is -2.48. The van der Waals surface area contributed by atoms with Crippen LogP contribution in [0.25, 0.3) is 0 Å². The molecule has 0 radical (unpaired) electrons. The fraction of sp³-hybridized carbons (Fsp3) is 0.880. The minimum Gasteiger partial charge on any atom is -0.477 e. The van der Waals surface area contributed by atoms with Gasteiger partial charge >= 0.3 is 5.97 Å². The maximum Gasteiger partial charge on any atom is 0.364 e. The Balaban J connectivity index is 1.87. The number of carboxylic acid groups (broad SMARTS) is 1. The Hall–Kier alpha value is -2.19. The largest absolute Gasteiger partial charge is 0.477 e. The number of carbonyl (C=O) groups excluding carboxylic acids is 2. The van der Waals surface area contributed by atoms with Crippen LogP contribution in [0.4, 0.5) is 0 Å². The van der Waals surface area contributed by atoms with E-state index < -0.39 is 142 Å². The number of hydrogen-bond donors (Lipinski definition) is 13. The number of rotatable bonds is 12. The molecule has 21 heteroatoms. The van der Waals surface area contributed by atoms with Gasteiger partial charge < -0.3 is 90.5 Å². The van der Waals surface area contributed by atoms with Crippen molar-refractivity contribution in [2.75, 3.05) is 19.8 Å². The zero-order valence-corrected chi connectivity index (χ0v) is 24.7. The second kappa shape index (κ2) is 15.8. The molecule has 0 aromatic heterocycles. The van der Waals surface area contributed by atoms with E-state index in [9.17, 15) is 70.6 Å². The van der Waals surface area contributed by atoms with Gasteiger partial charge in [0.2, 0.25) is 11.8 Å². The minimum atomic E-state index is -2.84. The lowest BCUT2D eigenvalue weighted by atomic mass is 9.88. The molecule has 0 aromatic rings. The van der Waals surface area contributed by atoms with Gasteiger partial charge in [0.1, 0.15) is 67.1 Å². The fourth-order valence-electron chi connectivity index (χ4n) is 5.45. The van der Waals surface area contributed by atoms with Crippen molar-refractivity contribution in [1.29, 1.82) is 0 Å². The molecule has 3 fully saturated rings. The number of aliphatic carboxylic acids is 1. The average Bonchev–Trinajstić information content (AvgIpc) is 2.99. The number of carbonyl (C=O) groups is 3. The van der Waals surface area contributed by atoms with Crippen LogP contribution in [-0.2, 0) is 38.1 Å². The van der Waals surface area contributed by atoms with E-state index in [0.717, 1.165) is 13.8 Å². The van der Waals surface area contributed by atoms with Gasteiger partial charge in [-0.15, -0.1) is 0 Å². The van der Waals surface area contributed by atoms with Crippen LogP contribution in [0.2, 0.25) is 0 Å². The van der Waals surface area contributed by atoms with Crippen LogP contribution in [0.3, 0.4) is 0 Å². The first-order chi connectivity index (χ1) is 21.5. The molecule has 3 rings (SSSR count). The predicted octanol–water partition coefficient (Wildman–Crippen LogP) is -8.08. The highest BCUT2D eigenvalue weighted by atomic mass is 16.7. The lowest BCUT2D eigenvalue weighted by molar-refractivity contribution is -0.351. The Morgan fingerprint density at radius 2 is 1.48 bits per heavy atom. The molecule has 0 aromatic carbocycles. The molecule has 46 heavy (non-hydrogen) atoms. The van der Waals surface area contributed by atoms with E-state index in [0.29, 0.717) is 0 Å². The van der Waals surface area contributed by atoms with Crippen molar-refractivity contribution in [1.82, 2.24) is 10.6 Å². The molecule has 0 bridgehead atoms. The van der Waals surface area contributed by atoms with E-state index in [2.05, 4.69) is 10.6 Å². The summed E-state index contributed by atoms with van der Waals surface area (Å²) in [5.41, 5.74) is 0. The van der Waals surface area contributed by atoms with E-state index >= 15 is 0 Å². The van der Waals surface area contributed by atoms with Gasteiger partial charge in [-0.3, -0.25) is 9.59 Å². The summed E-state index contributed by atoms with van der Waals surface area (Å²) in [6.45, 7) is -0.705. The molecule has 0 aliphatic carbocycles. The quantitative estimate of drug-likeness (QED) is 0.0913. The van der Waals surface area contributed by atoms with Gasteiger partial charge in [0.25, 0.3) is 5.79 Å². The second-order valence-corrected chi connectivity index (χ2v) is 11.3. The van der Waals surface area contributed by atoms with E-state index in [1.165, 1.54) is 0 Å². The first kappa shape index (κ1) is 38.3. The molecule has 0 saturated carbocycles. The molecule has 3 aliphatic heterocycles. The molecular formula is C25H42N2O19. The normalized spacial score (nSPS) is 42.9. The minimum absolute atomic E-state index is 0.723. The van der Waals surface area contributed by atoms with Crippen molar-refractivity contribution in [3.63, 3.8) is 0 Å². The van der Waals surface area contributed by atoms with E-state index in [1.54, 1.807) is 0 Å². The molecule has 13 N–H and O–H groups in total. The molecule has 3 heterocycles. The Labute approximate surface area is 260 Å². The summed E-state index contributed by atoms with van der Waals surface area (Å²) in [5.74, 6) is -6.18. The zero-order valence-electron chi connectivity index (χ0n) is 24.7. The summed E-state index contributed by atoms with van der Waals surface area (Å²) in [4.78, 5) is 36.0. The topological polar surface area (TPSA) is 344 Å². The van der Waals surface area contributed by atoms with E-state index in [4.69, 9.17) is 23.7 Å². The van der Waals surface area contributed by atoms with Crippen molar-refractivity contribution in [3.8, 4) is 0 Å². The van der Waals surface area contributed by atoms with Gasteiger partial charge in [0.05, 0.1) is 32.0 Å². The number of hydrogen-bond acceptors (Lipinski definition) is 18. The summed E-state index contributed by atoms with van der Waals surface area (Å²) in [5, 5.41) is 117. The van der Waals surface area contributed by atoms with Crippen LogP contribution < -0.4 is 10.6 Å². The molecule has 0 spiro atoms. The summed E-state index contributed by atoms with van der Waals surface area (Å²) >= 11 is 0. The third-order valence-corrected chi connectivity index (χ3v) is 7.87. The highest BCUT2D eigenvalue weighted by molar-refractivity contribution is 5.76. The molecule has 2 amide bonds. The summed E-state index contributed by atoms with van der Waals surface area (Å²) in [6.07, 6.45) is -24.8. The van der Waals surface area contributed by atoms with Gasteiger partial charge in [0.15, 0.2) is 12.6 Å². The third-order valence-electron chi connectivity index (χ3n) is 7.87. The monoisotopic (exact) mass is 674 g/mol. The van der Waals surface area contributed by atoms with Gasteiger partial charge in [-0.2, -0.15) is 0 Å². The van der Waals surface area contributed by atoms with Crippen molar-refractivity contribution in [2.24, 2.45) is 0 Å². The number of carboxylic acids is 1. The molecule has 21 nitrogen and oxygen atoms in total. The van der Waals surface area contributed by atoms with Gasteiger partial charge in [0, 0.05) is 20.3 Å². The molecule has 3 aliphatic rings. The van der Waals surface area contributed by atoms with Crippen LogP contribution >= 0.6 is 0 Å². The SMILES string of the molecule is CC(=O)N[C@@H]1[C@@H](O[C@@H]2O[C@H](CO)[C@H](O)[C@H](O)[C@H]2O)[C@@H](O)[C@@H](CO[C@]2(C(=O)O)C[C@H](O)[C@@H](NC(C)=O)[C@H]([C@H](O)[C@H](O)CO)O2)O[C@@H]1O. The molecular weight excluding hydrogens is 632 g/mol. The highest BCUT2D eigenvalue weighted by Gasteiger charge is 2.57. The van der Waals surface area contributed by atoms with Crippen LogP contribution in [0.5, 0.6) is 0 Å². The van der Waals surface area contributed by atoms with Crippen LogP contribution in [-0.4, -0.2) is 191 Å². The van der Waals surface area contributed by atoms with Crippen molar-refractivity contribution >= 4 is 17.8 Å². The van der Waals surface area contributed by atoms with Crippen LogP contribution in [0, 0.1) is 0 Å². The molecule has 0 unspecified atom stereocenters. The number of ether oxygens (including phenoxy) is 5. The highest BCUT2D eigenvalue weighted by Crippen LogP contribution is 2.35. The smallest absolute Gasteiger partial charge is 0.364 e. The van der Waals surface area contributed by atoms with Crippen LogP contribution in [0.1, 0.15) is 20.3 Å². The Kier molecular flexibility index (Phi) is 13.1. The van der Waals surface area contributed by atoms with Crippen molar-refractivity contribution < 1.29 is 94.2 Å². The molecule has 3 saturated heterocycles. The predicted molar refractivity (Wildman–Crippen MR) is 142 cm³/mol. The second-order valence-electron chi connectivity index (χ2n) is 11.3. The average molecular weight is 675 g/mol. The Bertz CT molecular complexity index is 1050. The number of aliphatic hydroxyl groups is 10. The maximum absolute atomic E-state index is 12.5. The Morgan fingerprint density at radius 1 is 0.870 bits per heavy atom. The summed E-state index contributed by atoms with van der Waals surface area (Å²) in [6, 6.07) is -3.06. The van der Waals surface area contributed by atoms with Gasteiger partial charge in [-0.1, -0.05) is 0 Å². The Morgan fingerprint density at radius 3 is 2.02 bits per heavy atom. The fourth-order valence-corrected chi connectivity index (χ4v) is 5.45. The van der Waals surface area contributed by atoms with Crippen molar-refractivity contribution in [2.45, 2.75) is 118 Å². The zero-order chi connectivity index (χ0) is 34.7. The number of amides is 2. The van der Waals surface area contributed by atoms with E-state index in [-0.39, 0.29) is 0 Å². The van der Waals surface area contributed by atoms with E-state index in [1.807, 2.05) is 0 Å². The van der Waals surface area contributed by atoms with Gasteiger partial charge in [-0.25, -0.2) is 4.79 Å². The molecule has 266 valence electrons. The maximum atomic E-state index is 12.5. The number of nitrogens with one attached hydrogen (secondary N) is 2. The summed E-state index contributed by atoms with van der Waals surface area (Å²) < 4.78 is 27.2.